The molecule has 0 amide bonds. The smallest absolute Gasteiger partial charge is 0.139 e. The number of hydrogen-bond acceptors (Lipinski definition) is 4. The number of anilines is 3. The molecule has 2 aromatic rings. The second kappa shape index (κ2) is 5.60. The van der Waals surface area contributed by atoms with Crippen LogP contribution in [0.25, 0.3) is 0 Å². The van der Waals surface area contributed by atoms with E-state index in [1.807, 2.05) is 27.7 Å². The third-order valence-electron chi connectivity index (χ3n) is 3.04. The molecule has 6 heteroatoms. The molecule has 1 aromatic heterocycles. The predicted octanol–water partition coefficient (Wildman–Crippen LogP) is 4.31. The topological polar surface area (TPSA) is 63.8 Å². The highest BCUT2D eigenvalue weighted by molar-refractivity contribution is 9.10. The molecule has 21 heavy (non-hydrogen) atoms. The maximum Gasteiger partial charge on any atom is 0.139 e. The van der Waals surface area contributed by atoms with Crippen LogP contribution in [0.5, 0.6) is 0 Å². The lowest BCUT2D eigenvalue weighted by Crippen LogP contribution is -2.18. The van der Waals surface area contributed by atoms with E-state index < -0.39 is 0 Å². The number of hydrogen-bond donors (Lipinski definition) is 2. The highest BCUT2D eigenvalue weighted by Gasteiger charge is 2.20. The fourth-order valence-corrected chi connectivity index (χ4v) is 2.16. The van der Waals surface area contributed by atoms with Gasteiger partial charge in [0.25, 0.3) is 0 Å². The monoisotopic (exact) mass is 352 g/mol. The molecule has 4 nitrogen and oxygen atoms in total. The number of nitrogen functional groups attached to an aromatic ring is 1. The molecule has 0 radical (unpaired) electrons. The van der Waals surface area contributed by atoms with Gasteiger partial charge >= 0.3 is 0 Å². The normalized spacial score (nSPS) is 11.5. The zero-order valence-electron chi connectivity index (χ0n) is 12.5. The summed E-state index contributed by atoms with van der Waals surface area (Å²) >= 11 is 3.33. The zero-order chi connectivity index (χ0) is 15.8. The fraction of sp³-hybridized carbons (Fsp3) is 0.333. The SMILES string of the molecule is Cc1c(N)nc(C(C)(C)C)nc1Nc1ccc(F)cc1Br. The number of benzene rings is 1. The van der Waals surface area contributed by atoms with E-state index in [0.717, 1.165) is 11.3 Å². The average molecular weight is 353 g/mol. The molecule has 0 aliphatic rings. The summed E-state index contributed by atoms with van der Waals surface area (Å²) in [6.07, 6.45) is 0. The van der Waals surface area contributed by atoms with Gasteiger partial charge in [-0.15, -0.1) is 0 Å². The van der Waals surface area contributed by atoms with E-state index in [1.54, 1.807) is 6.07 Å². The van der Waals surface area contributed by atoms with Crippen LogP contribution < -0.4 is 11.1 Å². The summed E-state index contributed by atoms with van der Waals surface area (Å²) in [5, 5.41) is 3.18. The number of nitrogens with one attached hydrogen (secondary N) is 1. The first kappa shape index (κ1) is 15.7. The highest BCUT2D eigenvalue weighted by Crippen LogP contribution is 2.30. The molecular formula is C15H18BrFN4. The van der Waals surface area contributed by atoms with Crippen molar-refractivity contribution in [3.63, 3.8) is 0 Å². The molecule has 0 atom stereocenters. The Labute approximate surface area is 132 Å². The van der Waals surface area contributed by atoms with Crippen LogP contribution in [0.2, 0.25) is 0 Å². The second-order valence-electron chi connectivity index (χ2n) is 5.91. The van der Waals surface area contributed by atoms with Gasteiger partial charge in [0.15, 0.2) is 0 Å². The van der Waals surface area contributed by atoms with Crippen LogP contribution in [0.4, 0.5) is 21.7 Å². The molecule has 0 unspecified atom stereocenters. The molecular weight excluding hydrogens is 335 g/mol. The van der Waals surface area contributed by atoms with Gasteiger partial charge in [-0.05, 0) is 41.1 Å². The van der Waals surface area contributed by atoms with Crippen LogP contribution in [0.15, 0.2) is 22.7 Å². The van der Waals surface area contributed by atoms with E-state index in [-0.39, 0.29) is 11.2 Å². The summed E-state index contributed by atoms with van der Waals surface area (Å²) in [5.41, 5.74) is 7.24. The van der Waals surface area contributed by atoms with Crippen molar-refractivity contribution in [2.75, 3.05) is 11.1 Å². The van der Waals surface area contributed by atoms with E-state index >= 15 is 0 Å². The number of halogens is 2. The third-order valence-corrected chi connectivity index (χ3v) is 3.69. The summed E-state index contributed by atoms with van der Waals surface area (Å²) in [4.78, 5) is 8.88. The first-order valence-corrected chi connectivity index (χ1v) is 7.34. The van der Waals surface area contributed by atoms with Crippen molar-refractivity contribution in [1.29, 1.82) is 0 Å². The van der Waals surface area contributed by atoms with Gasteiger partial charge in [-0.3, -0.25) is 0 Å². The summed E-state index contributed by atoms with van der Waals surface area (Å²) < 4.78 is 13.8. The van der Waals surface area contributed by atoms with Gasteiger partial charge in [0.05, 0.1) is 5.69 Å². The Morgan fingerprint density at radius 2 is 1.90 bits per heavy atom. The molecule has 0 saturated heterocycles. The number of rotatable bonds is 2. The van der Waals surface area contributed by atoms with Crippen molar-refractivity contribution in [2.24, 2.45) is 0 Å². The lowest BCUT2D eigenvalue weighted by molar-refractivity contribution is 0.546. The summed E-state index contributed by atoms with van der Waals surface area (Å²) in [7, 11) is 0. The Morgan fingerprint density at radius 1 is 1.24 bits per heavy atom. The first-order valence-electron chi connectivity index (χ1n) is 6.55. The first-order chi connectivity index (χ1) is 9.68. The van der Waals surface area contributed by atoms with E-state index in [2.05, 4.69) is 31.2 Å². The van der Waals surface area contributed by atoms with Gasteiger partial charge in [-0.25, -0.2) is 14.4 Å². The Balaban J connectivity index is 2.46. The van der Waals surface area contributed by atoms with Gasteiger partial charge in [0, 0.05) is 15.5 Å². The largest absolute Gasteiger partial charge is 0.383 e. The van der Waals surface area contributed by atoms with Crippen LogP contribution in [0.1, 0.15) is 32.2 Å². The molecule has 0 spiro atoms. The lowest BCUT2D eigenvalue weighted by Gasteiger charge is -2.20. The zero-order valence-corrected chi connectivity index (χ0v) is 14.0. The maximum atomic E-state index is 13.1. The van der Waals surface area contributed by atoms with Crippen molar-refractivity contribution in [3.05, 3.63) is 39.9 Å². The molecule has 112 valence electrons. The van der Waals surface area contributed by atoms with Crippen molar-refractivity contribution in [2.45, 2.75) is 33.1 Å². The molecule has 0 bridgehead atoms. The molecule has 0 aliphatic heterocycles. The van der Waals surface area contributed by atoms with Gasteiger partial charge in [-0.2, -0.15) is 0 Å². The van der Waals surface area contributed by atoms with Crippen molar-refractivity contribution in [1.82, 2.24) is 9.97 Å². The van der Waals surface area contributed by atoms with Crippen molar-refractivity contribution in [3.8, 4) is 0 Å². The molecule has 1 heterocycles. The van der Waals surface area contributed by atoms with Crippen LogP contribution in [-0.4, -0.2) is 9.97 Å². The van der Waals surface area contributed by atoms with Crippen molar-refractivity contribution >= 4 is 33.3 Å². The minimum Gasteiger partial charge on any atom is -0.383 e. The maximum absolute atomic E-state index is 13.1. The Hall–Kier alpha value is -1.69. The van der Waals surface area contributed by atoms with Gasteiger partial charge < -0.3 is 11.1 Å². The van der Waals surface area contributed by atoms with Crippen LogP contribution >= 0.6 is 15.9 Å². The number of nitrogens with two attached hydrogens (primary N) is 1. The van der Waals surface area contributed by atoms with Gasteiger partial charge in [0.2, 0.25) is 0 Å². The molecule has 3 N–H and O–H groups in total. The molecule has 0 saturated carbocycles. The van der Waals surface area contributed by atoms with Crippen LogP contribution in [0, 0.1) is 12.7 Å². The van der Waals surface area contributed by atoms with Gasteiger partial charge in [0.1, 0.15) is 23.3 Å². The van der Waals surface area contributed by atoms with E-state index in [1.165, 1.54) is 12.1 Å². The number of aromatic nitrogens is 2. The predicted molar refractivity (Wildman–Crippen MR) is 87.3 cm³/mol. The van der Waals surface area contributed by atoms with Crippen LogP contribution in [0.3, 0.4) is 0 Å². The average Bonchev–Trinajstić information content (AvgIpc) is 2.36. The van der Waals surface area contributed by atoms with Crippen molar-refractivity contribution < 1.29 is 4.39 Å². The molecule has 0 aliphatic carbocycles. The van der Waals surface area contributed by atoms with Gasteiger partial charge in [-0.1, -0.05) is 20.8 Å². The summed E-state index contributed by atoms with van der Waals surface area (Å²) in [6.45, 7) is 7.92. The molecule has 2 rings (SSSR count). The molecule has 0 fully saturated rings. The lowest BCUT2D eigenvalue weighted by atomic mass is 9.95. The Kier molecular flexibility index (Phi) is 4.18. The van der Waals surface area contributed by atoms with E-state index in [4.69, 9.17) is 5.73 Å². The fourth-order valence-electron chi connectivity index (χ4n) is 1.71. The minimum atomic E-state index is -0.304. The Bertz CT molecular complexity index is 680. The third kappa shape index (κ3) is 3.50. The molecule has 1 aromatic carbocycles. The highest BCUT2D eigenvalue weighted by atomic mass is 79.9. The second-order valence-corrected chi connectivity index (χ2v) is 6.76. The van der Waals surface area contributed by atoms with E-state index in [0.29, 0.717) is 21.9 Å². The summed E-state index contributed by atoms with van der Waals surface area (Å²) in [6, 6.07) is 4.43. The van der Waals surface area contributed by atoms with E-state index in [9.17, 15) is 4.39 Å². The minimum absolute atomic E-state index is 0.210. The Morgan fingerprint density at radius 3 is 2.48 bits per heavy atom. The van der Waals surface area contributed by atoms with Crippen LogP contribution in [-0.2, 0) is 5.41 Å². The number of nitrogens with zero attached hydrogens (tertiary/aromatic N) is 2. The standard InChI is InChI=1S/C15H18BrFN4/c1-8-12(18)20-14(15(2,3)4)21-13(8)19-11-6-5-9(17)7-10(11)16/h5-7H,1-4H3,(H3,18,19,20,21). The quantitative estimate of drug-likeness (QED) is 0.845. The summed E-state index contributed by atoms with van der Waals surface area (Å²) in [5.74, 6) is 1.42.